The molecule has 0 unspecified atom stereocenters. The molecule has 0 aliphatic heterocycles. The highest BCUT2D eigenvalue weighted by Gasteiger charge is 2.34. The molecule has 2 amide bonds. The molecule has 23 heavy (non-hydrogen) atoms. The number of carbonyl (C=O) groups is 2. The van der Waals surface area contributed by atoms with Crippen LogP contribution in [0.2, 0.25) is 0 Å². The minimum Gasteiger partial charge on any atom is -0.353 e. The van der Waals surface area contributed by atoms with E-state index in [1.54, 1.807) is 18.3 Å². The van der Waals surface area contributed by atoms with Crippen LogP contribution in [0.1, 0.15) is 42.5 Å². The molecule has 1 heterocycles. The molecule has 8 heteroatoms. The zero-order chi connectivity index (χ0) is 15.1. The molecule has 1 saturated carbocycles. The highest BCUT2D eigenvalue weighted by Crippen LogP contribution is 2.25. The smallest absolute Gasteiger partial charge is 0.252 e. The quantitative estimate of drug-likeness (QED) is 0.690. The lowest BCUT2D eigenvalue weighted by atomic mass is 9.82. The first-order valence-electron chi connectivity index (χ1n) is 7.37. The minimum absolute atomic E-state index is 0. The Labute approximate surface area is 148 Å². The monoisotopic (exact) mass is 362 g/mol. The molecule has 0 saturated heterocycles. The molecular weight excluding hydrogens is 339 g/mol. The first kappa shape index (κ1) is 21.6. The number of hydrogen-bond acceptors (Lipinski definition) is 4. The third-order valence-corrected chi connectivity index (χ3v) is 3.82. The van der Waals surface area contributed by atoms with Gasteiger partial charge in [-0.05, 0) is 25.0 Å². The van der Waals surface area contributed by atoms with E-state index in [9.17, 15) is 9.59 Å². The van der Waals surface area contributed by atoms with Gasteiger partial charge in [-0.15, -0.1) is 24.8 Å². The Hall–Kier alpha value is -1.37. The van der Waals surface area contributed by atoms with Gasteiger partial charge >= 0.3 is 0 Å². The highest BCUT2D eigenvalue weighted by atomic mass is 35.5. The van der Waals surface area contributed by atoms with E-state index in [0.29, 0.717) is 18.7 Å². The van der Waals surface area contributed by atoms with E-state index in [-0.39, 0.29) is 36.6 Å². The van der Waals surface area contributed by atoms with Crippen LogP contribution in [-0.4, -0.2) is 35.4 Å². The summed E-state index contributed by atoms with van der Waals surface area (Å²) in [7, 11) is 0. The number of rotatable bonds is 5. The number of nitrogens with two attached hydrogens (primary N) is 1. The summed E-state index contributed by atoms with van der Waals surface area (Å²) in [6.45, 7) is 0.749. The van der Waals surface area contributed by atoms with E-state index in [4.69, 9.17) is 5.73 Å². The van der Waals surface area contributed by atoms with Crippen molar-refractivity contribution in [2.24, 2.45) is 5.73 Å². The second-order valence-corrected chi connectivity index (χ2v) is 5.47. The van der Waals surface area contributed by atoms with Crippen LogP contribution in [0.5, 0.6) is 0 Å². The Morgan fingerprint density at radius 3 is 2.39 bits per heavy atom. The number of nitrogens with zero attached hydrogens (tertiary/aromatic N) is 1. The van der Waals surface area contributed by atoms with Crippen molar-refractivity contribution in [3.8, 4) is 0 Å². The molecule has 1 aliphatic carbocycles. The average molecular weight is 363 g/mol. The summed E-state index contributed by atoms with van der Waals surface area (Å²) in [6, 6.07) is 3.40. The topological polar surface area (TPSA) is 97.1 Å². The van der Waals surface area contributed by atoms with E-state index in [0.717, 1.165) is 32.1 Å². The van der Waals surface area contributed by atoms with Crippen molar-refractivity contribution in [1.29, 1.82) is 0 Å². The second kappa shape index (κ2) is 10.4. The predicted molar refractivity (Wildman–Crippen MR) is 94.1 cm³/mol. The molecule has 130 valence electrons. The molecule has 0 atom stereocenters. The maximum absolute atomic E-state index is 12.1. The fourth-order valence-electron chi connectivity index (χ4n) is 2.54. The molecule has 2 rings (SSSR count). The number of carbonyl (C=O) groups excluding carboxylic acids is 2. The summed E-state index contributed by atoms with van der Waals surface area (Å²) in [5.74, 6) is -0.310. The van der Waals surface area contributed by atoms with Crippen molar-refractivity contribution in [3.63, 3.8) is 0 Å². The minimum atomic E-state index is -0.731. The van der Waals surface area contributed by atoms with Gasteiger partial charge in [-0.1, -0.05) is 19.3 Å². The Morgan fingerprint density at radius 1 is 1.13 bits per heavy atom. The first-order valence-corrected chi connectivity index (χ1v) is 7.37. The molecule has 4 N–H and O–H groups in total. The Balaban J connectivity index is 0.00000242. The van der Waals surface area contributed by atoms with Gasteiger partial charge in [-0.2, -0.15) is 0 Å². The number of nitrogens with one attached hydrogen (secondary N) is 2. The summed E-state index contributed by atoms with van der Waals surface area (Å²) >= 11 is 0. The molecule has 1 aliphatic rings. The zero-order valence-corrected chi connectivity index (χ0v) is 14.5. The normalized spacial score (nSPS) is 15.5. The third kappa shape index (κ3) is 6.33. The van der Waals surface area contributed by atoms with Crippen molar-refractivity contribution >= 4 is 36.6 Å². The van der Waals surface area contributed by atoms with Gasteiger partial charge in [0.2, 0.25) is 5.91 Å². The zero-order valence-electron chi connectivity index (χ0n) is 12.9. The second-order valence-electron chi connectivity index (χ2n) is 5.47. The van der Waals surface area contributed by atoms with Crippen LogP contribution in [0.15, 0.2) is 24.5 Å². The van der Waals surface area contributed by atoms with E-state index in [1.165, 1.54) is 6.20 Å². The Bertz CT molecular complexity index is 494. The number of halogens is 2. The lowest BCUT2D eigenvalue weighted by molar-refractivity contribution is -0.127. The van der Waals surface area contributed by atoms with Gasteiger partial charge in [0, 0.05) is 25.5 Å². The fraction of sp³-hybridized carbons (Fsp3) is 0.533. The third-order valence-electron chi connectivity index (χ3n) is 3.82. The average Bonchev–Trinajstić information content (AvgIpc) is 2.52. The van der Waals surface area contributed by atoms with E-state index in [1.807, 2.05) is 0 Å². The maximum Gasteiger partial charge on any atom is 0.252 e. The summed E-state index contributed by atoms with van der Waals surface area (Å²) in [5, 5.41) is 5.54. The van der Waals surface area contributed by atoms with E-state index >= 15 is 0 Å². The van der Waals surface area contributed by atoms with Crippen molar-refractivity contribution in [2.45, 2.75) is 37.6 Å². The standard InChI is InChI=1S/C15H22N4O2.2ClH/c16-15(6-2-1-3-7-15)14(21)19-10-9-18-13(20)12-5-4-8-17-11-12;;/h4-5,8,11H,1-3,6-7,9-10,16H2,(H,18,20)(H,19,21);2*1H. The van der Waals surface area contributed by atoms with Gasteiger partial charge in [0.25, 0.3) is 5.91 Å². The molecule has 0 bridgehead atoms. The van der Waals surface area contributed by atoms with Crippen LogP contribution in [0.25, 0.3) is 0 Å². The summed E-state index contributed by atoms with van der Waals surface area (Å²) in [5.41, 5.74) is 5.90. The summed E-state index contributed by atoms with van der Waals surface area (Å²) < 4.78 is 0. The number of pyridine rings is 1. The molecule has 1 fully saturated rings. The van der Waals surface area contributed by atoms with Gasteiger partial charge in [0.15, 0.2) is 0 Å². The Morgan fingerprint density at radius 2 is 1.78 bits per heavy atom. The molecule has 1 aromatic heterocycles. The van der Waals surface area contributed by atoms with Gasteiger partial charge in [0.1, 0.15) is 0 Å². The Kier molecular flexibility index (Phi) is 9.79. The predicted octanol–water partition coefficient (Wildman–Crippen LogP) is 1.43. The molecule has 0 spiro atoms. The molecule has 0 aromatic carbocycles. The molecular formula is C15H24Cl2N4O2. The first-order chi connectivity index (χ1) is 10.1. The number of aromatic nitrogens is 1. The lowest BCUT2D eigenvalue weighted by Gasteiger charge is -2.31. The molecule has 6 nitrogen and oxygen atoms in total. The van der Waals surface area contributed by atoms with Crippen LogP contribution < -0.4 is 16.4 Å². The van der Waals surface area contributed by atoms with Gasteiger partial charge in [-0.3, -0.25) is 14.6 Å². The fourth-order valence-corrected chi connectivity index (χ4v) is 2.54. The lowest BCUT2D eigenvalue weighted by Crippen LogP contribution is -2.55. The maximum atomic E-state index is 12.1. The van der Waals surface area contributed by atoms with Crippen molar-refractivity contribution in [2.75, 3.05) is 13.1 Å². The van der Waals surface area contributed by atoms with Gasteiger partial charge < -0.3 is 16.4 Å². The van der Waals surface area contributed by atoms with Crippen molar-refractivity contribution in [3.05, 3.63) is 30.1 Å². The van der Waals surface area contributed by atoms with Crippen LogP contribution in [0.3, 0.4) is 0 Å². The van der Waals surface area contributed by atoms with Crippen LogP contribution in [-0.2, 0) is 4.79 Å². The summed E-state index contributed by atoms with van der Waals surface area (Å²) in [4.78, 5) is 27.7. The van der Waals surface area contributed by atoms with Gasteiger partial charge in [0.05, 0.1) is 11.1 Å². The van der Waals surface area contributed by atoms with E-state index < -0.39 is 5.54 Å². The van der Waals surface area contributed by atoms with Crippen LogP contribution in [0, 0.1) is 0 Å². The number of hydrogen-bond donors (Lipinski definition) is 3. The summed E-state index contributed by atoms with van der Waals surface area (Å²) in [6.07, 6.45) is 7.74. The van der Waals surface area contributed by atoms with Crippen LogP contribution >= 0.6 is 24.8 Å². The highest BCUT2D eigenvalue weighted by molar-refractivity contribution is 5.93. The molecule has 0 radical (unpaired) electrons. The molecule has 1 aromatic rings. The van der Waals surface area contributed by atoms with Crippen molar-refractivity contribution in [1.82, 2.24) is 15.6 Å². The SMILES string of the molecule is Cl.Cl.NC1(C(=O)NCCNC(=O)c2cccnc2)CCCCC1. The van der Waals surface area contributed by atoms with E-state index in [2.05, 4.69) is 15.6 Å². The largest absolute Gasteiger partial charge is 0.353 e. The van der Waals surface area contributed by atoms with Crippen LogP contribution in [0.4, 0.5) is 0 Å². The number of amides is 2. The van der Waals surface area contributed by atoms with Gasteiger partial charge in [-0.25, -0.2) is 0 Å². The van der Waals surface area contributed by atoms with Crippen molar-refractivity contribution < 1.29 is 9.59 Å².